The van der Waals surface area contributed by atoms with E-state index in [1.165, 1.54) is 12.1 Å². The van der Waals surface area contributed by atoms with Gasteiger partial charge in [0.1, 0.15) is 11.5 Å². The number of sulfonamides is 1. The van der Waals surface area contributed by atoms with Crippen LogP contribution in [-0.4, -0.2) is 37.6 Å². The van der Waals surface area contributed by atoms with Crippen LogP contribution in [0.15, 0.2) is 62.6 Å². The number of aryl methyl sites for hydroxylation is 1. The van der Waals surface area contributed by atoms with Crippen molar-refractivity contribution in [3.8, 4) is 5.75 Å². The summed E-state index contributed by atoms with van der Waals surface area (Å²) < 4.78 is 34.6. The van der Waals surface area contributed by atoms with Gasteiger partial charge in [-0.05, 0) is 67.5 Å². The molecule has 0 amide bonds. The molecule has 0 saturated heterocycles. The molecule has 0 spiro atoms. The van der Waals surface area contributed by atoms with E-state index in [2.05, 4.69) is 10.0 Å². The number of rotatable bonds is 9. The maximum atomic E-state index is 13.2. The highest BCUT2D eigenvalue weighted by atomic mass is 32.2. The van der Waals surface area contributed by atoms with E-state index in [9.17, 15) is 23.1 Å². The van der Waals surface area contributed by atoms with Crippen LogP contribution in [0.2, 0.25) is 0 Å². The summed E-state index contributed by atoms with van der Waals surface area (Å²) in [5.74, 6) is -0.762. The molecule has 2 aliphatic carbocycles. The zero-order valence-electron chi connectivity index (χ0n) is 21.5. The lowest BCUT2D eigenvalue weighted by Gasteiger charge is -2.21. The number of carbonyl (C=O) groups is 1. The Hall–Kier alpha value is -3.63. The van der Waals surface area contributed by atoms with E-state index in [4.69, 9.17) is 9.52 Å². The highest BCUT2D eigenvalue weighted by molar-refractivity contribution is 7.92. The number of anilines is 2. The molecule has 2 aliphatic rings. The van der Waals surface area contributed by atoms with E-state index in [0.717, 1.165) is 32.1 Å². The maximum Gasteiger partial charge on any atom is 0.343 e. The van der Waals surface area contributed by atoms with Crippen LogP contribution >= 0.6 is 0 Å². The van der Waals surface area contributed by atoms with Gasteiger partial charge in [-0.1, -0.05) is 24.6 Å². The number of ketones is 1. The summed E-state index contributed by atoms with van der Waals surface area (Å²) in [5, 5.41) is 23.3. The maximum absolute atomic E-state index is 13.2. The molecule has 9 nitrogen and oxygen atoms in total. The van der Waals surface area contributed by atoms with Gasteiger partial charge in [-0.15, -0.1) is 0 Å². The SMILES string of the molecule is O=C1CCCCCc2oc(=O)c(C(c3cccc(NS(=O)(=O)c4cccc(NCCO)c4)c3)C3CC3)c(O)c21. The first kappa shape index (κ1) is 27.0. The van der Waals surface area contributed by atoms with Gasteiger partial charge in [-0.2, -0.15) is 0 Å². The smallest absolute Gasteiger partial charge is 0.343 e. The zero-order valence-corrected chi connectivity index (χ0v) is 22.3. The second-order valence-electron chi connectivity index (χ2n) is 10.2. The van der Waals surface area contributed by atoms with E-state index < -0.39 is 21.6 Å². The van der Waals surface area contributed by atoms with Gasteiger partial charge in [0.25, 0.3) is 10.0 Å². The van der Waals surface area contributed by atoms with Gasteiger partial charge < -0.3 is 19.9 Å². The first-order chi connectivity index (χ1) is 18.8. The third-order valence-corrected chi connectivity index (χ3v) is 8.66. The van der Waals surface area contributed by atoms with Crippen LogP contribution in [0.1, 0.15) is 71.7 Å². The molecule has 4 N–H and O–H groups in total. The van der Waals surface area contributed by atoms with Crippen molar-refractivity contribution in [2.24, 2.45) is 5.92 Å². The van der Waals surface area contributed by atoms with Crippen LogP contribution in [0.25, 0.3) is 0 Å². The lowest BCUT2D eigenvalue weighted by molar-refractivity contribution is 0.0968. The summed E-state index contributed by atoms with van der Waals surface area (Å²) in [7, 11) is -3.94. The lowest BCUT2D eigenvalue weighted by Crippen LogP contribution is -2.21. The van der Waals surface area contributed by atoms with Crippen LogP contribution in [0.5, 0.6) is 5.75 Å². The fraction of sp³-hybridized carbons (Fsp3) is 0.379. The molecule has 0 aliphatic heterocycles. The van der Waals surface area contributed by atoms with Gasteiger partial charge in [0, 0.05) is 36.7 Å². The molecule has 1 atom stereocenters. The number of hydrogen-bond acceptors (Lipinski definition) is 8. The van der Waals surface area contributed by atoms with Gasteiger partial charge in [0.05, 0.1) is 22.6 Å². The molecular formula is C29H32N2O7S. The monoisotopic (exact) mass is 552 g/mol. The molecule has 10 heteroatoms. The highest BCUT2D eigenvalue weighted by Crippen LogP contribution is 2.49. The molecule has 3 aromatic rings. The molecule has 5 rings (SSSR count). The van der Waals surface area contributed by atoms with E-state index in [1.54, 1.807) is 36.4 Å². The number of Topliss-reactive ketones (excluding diaryl/α,β-unsaturated/α-hetero) is 1. The van der Waals surface area contributed by atoms with Crippen molar-refractivity contribution in [2.75, 3.05) is 23.2 Å². The quantitative estimate of drug-likeness (QED) is 0.306. The molecule has 1 aromatic heterocycles. The minimum absolute atomic E-state index is 0.0491. The Labute approximate surface area is 226 Å². The molecule has 39 heavy (non-hydrogen) atoms. The first-order valence-electron chi connectivity index (χ1n) is 13.3. The van der Waals surface area contributed by atoms with Crippen LogP contribution in [0.3, 0.4) is 0 Å². The Bertz CT molecular complexity index is 1540. The van der Waals surface area contributed by atoms with Crippen LogP contribution in [0.4, 0.5) is 11.4 Å². The molecule has 2 aromatic carbocycles. The fourth-order valence-corrected chi connectivity index (χ4v) is 6.37. The van der Waals surface area contributed by atoms with Crippen molar-refractivity contribution in [1.82, 2.24) is 0 Å². The molecule has 206 valence electrons. The van der Waals surface area contributed by atoms with Crippen molar-refractivity contribution in [1.29, 1.82) is 0 Å². The van der Waals surface area contributed by atoms with Gasteiger partial charge >= 0.3 is 5.63 Å². The second-order valence-corrected chi connectivity index (χ2v) is 11.8. The normalized spacial score (nSPS) is 16.6. The van der Waals surface area contributed by atoms with Crippen LogP contribution in [0, 0.1) is 5.92 Å². The topological polar surface area (TPSA) is 146 Å². The summed E-state index contributed by atoms with van der Waals surface area (Å²) in [6, 6.07) is 13.0. The minimum Gasteiger partial charge on any atom is -0.506 e. The zero-order chi connectivity index (χ0) is 27.6. The van der Waals surface area contributed by atoms with Crippen molar-refractivity contribution in [2.45, 2.75) is 55.8 Å². The van der Waals surface area contributed by atoms with Gasteiger partial charge in [-0.25, -0.2) is 13.2 Å². The minimum atomic E-state index is -3.94. The van der Waals surface area contributed by atoms with Crippen molar-refractivity contribution in [3.05, 3.63) is 81.4 Å². The number of hydrogen-bond donors (Lipinski definition) is 4. The third kappa shape index (κ3) is 5.86. The number of aromatic hydroxyl groups is 1. The fourth-order valence-electron chi connectivity index (χ4n) is 5.28. The first-order valence-corrected chi connectivity index (χ1v) is 14.8. The number of aliphatic hydroxyl groups is 1. The summed E-state index contributed by atoms with van der Waals surface area (Å²) in [5.41, 5.74) is 1.03. The number of fused-ring (bicyclic) bond motifs is 1. The Morgan fingerprint density at radius 2 is 1.72 bits per heavy atom. The average Bonchev–Trinajstić information content (AvgIpc) is 3.73. The van der Waals surface area contributed by atoms with Crippen LogP contribution in [-0.2, 0) is 16.4 Å². The number of benzene rings is 2. The average molecular weight is 553 g/mol. The Kier molecular flexibility index (Phi) is 7.76. The standard InChI is InChI=1S/C29H32N2O7S/c32-15-14-30-20-7-5-9-22(17-20)39(36,37)31-21-8-4-6-19(16-21)25(18-12-13-18)27-28(34)26-23(33)10-2-1-3-11-24(26)38-29(27)35/h4-9,16-18,25,30-32,34H,1-3,10-15H2. The molecule has 0 bridgehead atoms. The van der Waals surface area contributed by atoms with E-state index in [-0.39, 0.29) is 58.8 Å². The second kappa shape index (κ2) is 11.2. The van der Waals surface area contributed by atoms with Crippen LogP contribution < -0.4 is 15.7 Å². The van der Waals surface area contributed by atoms with E-state index >= 15 is 0 Å². The Balaban J connectivity index is 1.49. The molecule has 1 heterocycles. The van der Waals surface area contributed by atoms with Crippen molar-refractivity contribution in [3.63, 3.8) is 0 Å². The number of carbonyl (C=O) groups excluding carboxylic acids is 1. The van der Waals surface area contributed by atoms with E-state index in [1.807, 2.05) is 0 Å². The van der Waals surface area contributed by atoms with Crippen molar-refractivity contribution >= 4 is 27.2 Å². The highest BCUT2D eigenvalue weighted by Gasteiger charge is 2.39. The van der Waals surface area contributed by atoms with Gasteiger partial charge in [0.15, 0.2) is 5.78 Å². The molecule has 1 unspecified atom stereocenters. The summed E-state index contributed by atoms with van der Waals surface area (Å²) in [4.78, 5) is 26.1. The predicted octanol–water partition coefficient (Wildman–Crippen LogP) is 4.39. The van der Waals surface area contributed by atoms with Crippen molar-refractivity contribution < 1.29 is 27.8 Å². The number of nitrogens with one attached hydrogen (secondary N) is 2. The molecular weight excluding hydrogens is 520 g/mol. The predicted molar refractivity (Wildman–Crippen MR) is 147 cm³/mol. The van der Waals surface area contributed by atoms with E-state index in [0.29, 0.717) is 23.4 Å². The Morgan fingerprint density at radius 3 is 2.49 bits per heavy atom. The third-order valence-electron chi connectivity index (χ3n) is 7.28. The van der Waals surface area contributed by atoms with Gasteiger partial charge in [-0.3, -0.25) is 9.52 Å². The lowest BCUT2D eigenvalue weighted by atomic mass is 9.85. The summed E-state index contributed by atoms with van der Waals surface area (Å²) in [6.07, 6.45) is 4.73. The van der Waals surface area contributed by atoms with Gasteiger partial charge in [0.2, 0.25) is 0 Å². The Morgan fingerprint density at radius 1 is 0.974 bits per heavy atom. The number of aliphatic hydroxyl groups excluding tert-OH is 1. The molecule has 1 saturated carbocycles. The largest absolute Gasteiger partial charge is 0.506 e. The molecule has 1 fully saturated rings. The molecule has 0 radical (unpaired) electrons. The summed E-state index contributed by atoms with van der Waals surface area (Å²) in [6.45, 7) is 0.202. The summed E-state index contributed by atoms with van der Waals surface area (Å²) >= 11 is 0.